The van der Waals surface area contributed by atoms with Crippen molar-refractivity contribution in [3.63, 3.8) is 0 Å². The van der Waals surface area contributed by atoms with Gasteiger partial charge in [0.15, 0.2) is 0 Å². The van der Waals surface area contributed by atoms with Crippen molar-refractivity contribution in [3.05, 3.63) is 87.1 Å². The van der Waals surface area contributed by atoms with Gasteiger partial charge in [-0.3, -0.25) is 9.88 Å². The number of alkyl halides is 6. The van der Waals surface area contributed by atoms with Gasteiger partial charge in [-0.1, -0.05) is 30.3 Å². The lowest BCUT2D eigenvalue weighted by Crippen LogP contribution is -2.48. The molecule has 2 aromatic carbocycles. The van der Waals surface area contributed by atoms with Gasteiger partial charge in [0.25, 0.3) is 0 Å². The van der Waals surface area contributed by atoms with Crippen molar-refractivity contribution in [2.75, 3.05) is 13.2 Å². The Hall–Kier alpha value is -3.16. The zero-order valence-corrected chi connectivity index (χ0v) is 18.0. The van der Waals surface area contributed by atoms with Crippen molar-refractivity contribution in [1.82, 2.24) is 20.1 Å². The summed E-state index contributed by atoms with van der Waals surface area (Å²) in [7, 11) is 0. The van der Waals surface area contributed by atoms with Crippen LogP contribution in [-0.4, -0.2) is 39.5 Å². The summed E-state index contributed by atoms with van der Waals surface area (Å²) in [4.78, 5) is 15.7. The number of morpholine rings is 1. The highest BCUT2D eigenvalue weighted by atomic mass is 19.4. The van der Waals surface area contributed by atoms with Gasteiger partial charge in [0.1, 0.15) is 18.2 Å². The summed E-state index contributed by atoms with van der Waals surface area (Å²) in [6, 6.07) is 10.2. The summed E-state index contributed by atoms with van der Waals surface area (Å²) in [5, 5.41) is 6.10. The largest absolute Gasteiger partial charge is 0.416 e. The molecule has 1 aliphatic rings. The van der Waals surface area contributed by atoms with E-state index < -0.39 is 48.1 Å². The Morgan fingerprint density at radius 2 is 1.69 bits per heavy atom. The van der Waals surface area contributed by atoms with Crippen LogP contribution in [0.15, 0.2) is 53.3 Å². The number of hydrogen-bond donors (Lipinski definition) is 2. The fourth-order valence-corrected chi connectivity index (χ4v) is 3.82. The molecule has 4 rings (SSSR count). The Balaban J connectivity index is 1.63. The molecule has 0 aliphatic carbocycles. The van der Waals surface area contributed by atoms with E-state index in [1.54, 1.807) is 35.2 Å². The molecule has 3 aromatic rings. The van der Waals surface area contributed by atoms with E-state index >= 15 is 0 Å². The minimum absolute atomic E-state index is 0.0697. The van der Waals surface area contributed by atoms with Crippen LogP contribution in [0.1, 0.15) is 34.2 Å². The van der Waals surface area contributed by atoms with Crippen LogP contribution < -0.4 is 5.69 Å². The summed E-state index contributed by atoms with van der Waals surface area (Å²) in [5.41, 5.74) is -2.95. The normalized spacial score (nSPS) is 19.7. The van der Waals surface area contributed by atoms with Gasteiger partial charge in [0.05, 0.1) is 30.9 Å². The van der Waals surface area contributed by atoms with Gasteiger partial charge in [-0.05, 0) is 29.3 Å². The summed E-state index contributed by atoms with van der Waals surface area (Å²) < 4.78 is 91.2. The monoisotopic (exact) mass is 502 g/mol. The van der Waals surface area contributed by atoms with Crippen molar-refractivity contribution in [1.29, 1.82) is 0 Å². The zero-order chi connectivity index (χ0) is 25.2. The van der Waals surface area contributed by atoms with Crippen molar-refractivity contribution in [2.45, 2.75) is 37.8 Å². The Bertz CT molecular complexity index is 1160. The van der Waals surface area contributed by atoms with Crippen LogP contribution in [0.3, 0.4) is 0 Å². The molecule has 2 heterocycles. The molecule has 188 valence electrons. The minimum atomic E-state index is -4.96. The first-order valence-corrected chi connectivity index (χ1v) is 10.4. The molecule has 1 aliphatic heterocycles. The molecule has 1 aromatic heterocycles. The molecule has 2 atom stereocenters. The Kier molecular flexibility index (Phi) is 7.01. The predicted octanol–water partition coefficient (Wildman–Crippen LogP) is 4.25. The Morgan fingerprint density at radius 3 is 2.26 bits per heavy atom. The molecule has 35 heavy (non-hydrogen) atoms. The number of ether oxygens (including phenoxy) is 2. The van der Waals surface area contributed by atoms with Gasteiger partial charge in [0, 0.05) is 6.54 Å². The molecule has 0 spiro atoms. The molecular formula is C22H20F6N4O3. The maximum Gasteiger partial charge on any atom is 0.416 e. The quantitative estimate of drug-likeness (QED) is 0.493. The lowest BCUT2D eigenvalue weighted by molar-refractivity contribution is -0.194. The number of halogens is 6. The van der Waals surface area contributed by atoms with E-state index in [2.05, 4.69) is 15.2 Å². The van der Waals surface area contributed by atoms with E-state index in [4.69, 9.17) is 9.47 Å². The van der Waals surface area contributed by atoms with Crippen molar-refractivity contribution < 1.29 is 35.8 Å². The van der Waals surface area contributed by atoms with Gasteiger partial charge < -0.3 is 9.47 Å². The third-order valence-electron chi connectivity index (χ3n) is 5.39. The zero-order valence-electron chi connectivity index (χ0n) is 18.0. The average Bonchev–Trinajstić information content (AvgIpc) is 3.22. The molecule has 0 radical (unpaired) electrons. The second-order valence-electron chi connectivity index (χ2n) is 7.91. The molecule has 1 fully saturated rings. The number of aromatic nitrogens is 3. The van der Waals surface area contributed by atoms with Crippen LogP contribution in [0.2, 0.25) is 0 Å². The van der Waals surface area contributed by atoms with Crippen LogP contribution in [0.5, 0.6) is 0 Å². The van der Waals surface area contributed by atoms with Gasteiger partial charge in [0.2, 0.25) is 0 Å². The maximum absolute atomic E-state index is 13.2. The molecule has 0 bridgehead atoms. The van der Waals surface area contributed by atoms with Crippen LogP contribution in [0, 0.1) is 0 Å². The van der Waals surface area contributed by atoms with E-state index in [9.17, 15) is 31.1 Å². The highest BCUT2D eigenvalue weighted by molar-refractivity contribution is 5.33. The second-order valence-corrected chi connectivity index (χ2v) is 7.91. The van der Waals surface area contributed by atoms with Crippen LogP contribution in [0.25, 0.3) is 0 Å². The molecule has 0 saturated carbocycles. The number of H-pyrrole nitrogens is 2. The van der Waals surface area contributed by atoms with E-state index in [1.807, 2.05) is 0 Å². The highest BCUT2D eigenvalue weighted by Crippen LogP contribution is 2.37. The van der Waals surface area contributed by atoms with E-state index in [-0.39, 0.29) is 30.6 Å². The standard InChI is InChI=1S/C22H20F6N4O3/c23-21(24,25)15-8-13(9-16(10-15)22(26,27)28)12-35-19-18(14-4-2-1-3-5-14)34-7-6-32(19)11-17-29-20(33)31-30-17/h1-5,8-10,18-19H,6-7,11-12H2,(H2,29,30,31,33). The number of benzene rings is 2. The molecule has 0 amide bonds. The molecule has 13 heteroatoms. The first kappa shape index (κ1) is 24.9. The molecule has 7 nitrogen and oxygen atoms in total. The van der Waals surface area contributed by atoms with E-state index in [1.165, 1.54) is 0 Å². The van der Waals surface area contributed by atoms with Crippen LogP contribution >= 0.6 is 0 Å². The predicted molar refractivity (Wildman–Crippen MR) is 110 cm³/mol. The van der Waals surface area contributed by atoms with Crippen molar-refractivity contribution in [3.8, 4) is 0 Å². The second kappa shape index (κ2) is 9.84. The molecule has 1 saturated heterocycles. The third kappa shape index (κ3) is 6.10. The smallest absolute Gasteiger partial charge is 0.368 e. The summed E-state index contributed by atoms with van der Waals surface area (Å²) in [6.45, 7) is 0.152. The van der Waals surface area contributed by atoms with Gasteiger partial charge in [-0.15, -0.1) is 0 Å². The van der Waals surface area contributed by atoms with Gasteiger partial charge in [-0.25, -0.2) is 9.89 Å². The number of aromatic amines is 2. The molecule has 2 N–H and O–H groups in total. The van der Waals surface area contributed by atoms with Crippen molar-refractivity contribution in [2.24, 2.45) is 0 Å². The van der Waals surface area contributed by atoms with Crippen LogP contribution in [0.4, 0.5) is 26.3 Å². The van der Waals surface area contributed by atoms with Gasteiger partial charge in [-0.2, -0.15) is 31.4 Å². The Morgan fingerprint density at radius 1 is 1.03 bits per heavy atom. The fourth-order valence-electron chi connectivity index (χ4n) is 3.82. The first-order valence-electron chi connectivity index (χ1n) is 10.4. The summed E-state index contributed by atoms with van der Waals surface area (Å²) in [6.07, 6.45) is -11.5. The van der Waals surface area contributed by atoms with Gasteiger partial charge >= 0.3 is 18.0 Å². The summed E-state index contributed by atoms with van der Waals surface area (Å²) in [5.74, 6) is 0.288. The number of nitrogens with zero attached hydrogens (tertiary/aromatic N) is 2. The number of nitrogens with one attached hydrogen (secondary N) is 2. The average molecular weight is 502 g/mol. The number of hydrogen-bond acceptors (Lipinski definition) is 5. The SMILES string of the molecule is O=c1[nH]nc(CN2CCOC(c3ccccc3)C2OCc2cc(C(F)(F)F)cc(C(F)(F)F)c2)[nH]1. The first-order chi connectivity index (χ1) is 16.5. The fraction of sp³-hybridized carbons (Fsp3) is 0.364. The lowest BCUT2D eigenvalue weighted by atomic mass is 10.0. The lowest BCUT2D eigenvalue weighted by Gasteiger charge is -2.40. The molecule has 2 unspecified atom stereocenters. The van der Waals surface area contributed by atoms with Crippen molar-refractivity contribution >= 4 is 0 Å². The third-order valence-corrected chi connectivity index (χ3v) is 5.39. The topological polar surface area (TPSA) is 83.2 Å². The summed E-state index contributed by atoms with van der Waals surface area (Å²) >= 11 is 0. The minimum Gasteiger partial charge on any atom is -0.368 e. The van der Waals surface area contributed by atoms with E-state index in [0.29, 0.717) is 24.2 Å². The highest BCUT2D eigenvalue weighted by Gasteiger charge is 2.38. The van der Waals surface area contributed by atoms with E-state index in [0.717, 1.165) is 0 Å². The van der Waals surface area contributed by atoms with Crippen LogP contribution in [-0.2, 0) is 35.0 Å². The number of rotatable bonds is 6. The Labute approximate surface area is 194 Å². The maximum atomic E-state index is 13.2. The molecular weight excluding hydrogens is 482 g/mol.